The molecule has 1 aliphatic rings. The number of carbonyl (C=O) groups is 1. The largest absolute Gasteiger partial charge is 0.381 e. The molecule has 5 heteroatoms. The van der Waals surface area contributed by atoms with E-state index in [4.69, 9.17) is 4.74 Å². The number of ether oxygens (including phenoxy) is 1. The average molecular weight is 321 g/mol. The molecular weight excluding hydrogens is 302 g/mol. The van der Waals surface area contributed by atoms with Gasteiger partial charge in [-0.2, -0.15) is 0 Å². The van der Waals surface area contributed by atoms with Crippen LogP contribution in [0.4, 0.5) is 5.69 Å². The zero-order chi connectivity index (χ0) is 16.4. The lowest BCUT2D eigenvalue weighted by Crippen LogP contribution is -2.28. The molecule has 0 radical (unpaired) electrons. The Morgan fingerprint density at radius 1 is 1.17 bits per heavy atom. The van der Waals surface area contributed by atoms with E-state index in [1.54, 1.807) is 0 Å². The van der Waals surface area contributed by atoms with Gasteiger partial charge in [-0.3, -0.25) is 4.79 Å². The van der Waals surface area contributed by atoms with Gasteiger partial charge in [-0.25, -0.2) is 4.98 Å². The van der Waals surface area contributed by atoms with E-state index < -0.39 is 0 Å². The minimum atomic E-state index is 0.0394. The Balaban J connectivity index is 1.55. The van der Waals surface area contributed by atoms with Crippen molar-refractivity contribution in [1.82, 2.24) is 9.38 Å². The maximum Gasteiger partial charge on any atom is 0.227 e. The Labute approximate surface area is 140 Å². The highest BCUT2D eigenvalue weighted by molar-refractivity contribution is 5.93. The van der Waals surface area contributed by atoms with Crippen LogP contribution in [-0.2, 0) is 9.53 Å². The first-order valence-corrected chi connectivity index (χ1v) is 8.22. The zero-order valence-corrected chi connectivity index (χ0v) is 13.3. The monoisotopic (exact) mass is 321 g/mol. The number of hydrogen-bond acceptors (Lipinski definition) is 3. The molecule has 2 aromatic heterocycles. The molecule has 0 atom stereocenters. The lowest BCUT2D eigenvalue weighted by molar-refractivity contribution is -0.122. The highest BCUT2D eigenvalue weighted by Gasteiger charge is 2.21. The number of carbonyl (C=O) groups excluding carboxylic acids is 1. The fourth-order valence-electron chi connectivity index (χ4n) is 3.03. The van der Waals surface area contributed by atoms with Crippen LogP contribution in [0.2, 0.25) is 0 Å². The molecule has 1 amide bonds. The number of benzene rings is 1. The van der Waals surface area contributed by atoms with Crippen molar-refractivity contribution in [1.29, 1.82) is 0 Å². The molecule has 3 heterocycles. The molecule has 0 aliphatic carbocycles. The van der Waals surface area contributed by atoms with Gasteiger partial charge >= 0.3 is 0 Å². The van der Waals surface area contributed by atoms with Crippen LogP contribution in [0.15, 0.2) is 54.9 Å². The van der Waals surface area contributed by atoms with E-state index in [1.807, 2.05) is 59.3 Å². The van der Waals surface area contributed by atoms with Gasteiger partial charge in [0.25, 0.3) is 0 Å². The highest BCUT2D eigenvalue weighted by atomic mass is 16.5. The second-order valence-electron chi connectivity index (χ2n) is 6.05. The Kier molecular flexibility index (Phi) is 4.01. The predicted octanol–water partition coefficient (Wildman–Crippen LogP) is 3.37. The van der Waals surface area contributed by atoms with Crippen LogP contribution in [0.5, 0.6) is 0 Å². The van der Waals surface area contributed by atoms with Gasteiger partial charge in [0.2, 0.25) is 5.91 Å². The molecule has 1 aromatic carbocycles. The summed E-state index contributed by atoms with van der Waals surface area (Å²) >= 11 is 0. The molecule has 3 aromatic rings. The van der Waals surface area contributed by atoms with Crippen molar-refractivity contribution < 1.29 is 9.53 Å². The third-order valence-corrected chi connectivity index (χ3v) is 4.38. The van der Waals surface area contributed by atoms with Crippen molar-refractivity contribution in [2.75, 3.05) is 18.5 Å². The minimum absolute atomic E-state index is 0.0394. The molecule has 122 valence electrons. The predicted molar refractivity (Wildman–Crippen MR) is 92.8 cm³/mol. The second kappa shape index (κ2) is 6.45. The van der Waals surface area contributed by atoms with Gasteiger partial charge in [0.15, 0.2) is 0 Å². The van der Waals surface area contributed by atoms with Gasteiger partial charge in [0.1, 0.15) is 5.65 Å². The zero-order valence-electron chi connectivity index (χ0n) is 13.3. The summed E-state index contributed by atoms with van der Waals surface area (Å²) in [6, 6.07) is 13.8. The van der Waals surface area contributed by atoms with Gasteiger partial charge in [-0.15, -0.1) is 0 Å². The second-order valence-corrected chi connectivity index (χ2v) is 6.05. The molecule has 5 nitrogen and oxygen atoms in total. The quantitative estimate of drug-likeness (QED) is 0.805. The first-order valence-electron chi connectivity index (χ1n) is 8.22. The summed E-state index contributed by atoms with van der Waals surface area (Å²) in [5.41, 5.74) is 3.59. The SMILES string of the molecule is O=C(Nc1cccc(-c2cn3ccccc3n2)c1)C1CCOCC1. The number of fused-ring (bicyclic) bond motifs is 1. The molecule has 1 saturated heterocycles. The number of imidazole rings is 1. The number of rotatable bonds is 3. The fourth-order valence-corrected chi connectivity index (χ4v) is 3.03. The Bertz CT molecular complexity index is 833. The number of anilines is 1. The normalized spacial score (nSPS) is 15.5. The molecule has 0 spiro atoms. The summed E-state index contributed by atoms with van der Waals surface area (Å²) in [6.07, 6.45) is 5.55. The van der Waals surface area contributed by atoms with Gasteiger partial charge < -0.3 is 14.5 Å². The molecular formula is C19H19N3O2. The van der Waals surface area contributed by atoms with E-state index in [1.165, 1.54) is 0 Å². The fraction of sp³-hybridized carbons (Fsp3) is 0.263. The van der Waals surface area contributed by atoms with E-state index >= 15 is 0 Å². The number of nitrogens with zero attached hydrogens (tertiary/aromatic N) is 2. The van der Waals surface area contributed by atoms with Crippen LogP contribution in [0.1, 0.15) is 12.8 Å². The van der Waals surface area contributed by atoms with E-state index in [9.17, 15) is 4.79 Å². The van der Waals surface area contributed by atoms with E-state index in [2.05, 4.69) is 10.3 Å². The standard InChI is InChI=1S/C19H19N3O2/c23-19(14-7-10-24-11-8-14)20-16-5-3-4-15(12-16)17-13-22-9-2-1-6-18(22)21-17/h1-6,9,12-14H,7-8,10-11H2,(H,20,23). The van der Waals surface area contributed by atoms with Crippen molar-refractivity contribution in [3.63, 3.8) is 0 Å². The summed E-state index contributed by atoms with van der Waals surface area (Å²) < 4.78 is 7.30. The van der Waals surface area contributed by atoms with Crippen LogP contribution in [0.25, 0.3) is 16.9 Å². The van der Waals surface area contributed by atoms with Crippen LogP contribution in [0, 0.1) is 5.92 Å². The molecule has 4 rings (SSSR count). The minimum Gasteiger partial charge on any atom is -0.381 e. The van der Waals surface area contributed by atoms with Gasteiger partial charge in [-0.1, -0.05) is 18.2 Å². The number of hydrogen-bond donors (Lipinski definition) is 1. The molecule has 1 N–H and O–H groups in total. The Hall–Kier alpha value is -2.66. The highest BCUT2D eigenvalue weighted by Crippen LogP contribution is 2.24. The summed E-state index contributed by atoms with van der Waals surface area (Å²) in [4.78, 5) is 17.0. The first-order chi connectivity index (χ1) is 11.8. The van der Waals surface area contributed by atoms with Gasteiger partial charge in [0, 0.05) is 42.8 Å². The van der Waals surface area contributed by atoms with Gasteiger partial charge in [-0.05, 0) is 37.1 Å². The topological polar surface area (TPSA) is 55.6 Å². The van der Waals surface area contributed by atoms with Crippen molar-refractivity contribution in [3.8, 4) is 11.3 Å². The number of aromatic nitrogens is 2. The molecule has 0 saturated carbocycles. The summed E-state index contributed by atoms with van der Waals surface area (Å²) in [5.74, 6) is 0.114. The van der Waals surface area contributed by atoms with E-state index in [-0.39, 0.29) is 11.8 Å². The maximum atomic E-state index is 12.4. The molecule has 0 unspecified atom stereocenters. The lowest BCUT2D eigenvalue weighted by Gasteiger charge is -2.21. The molecule has 1 aliphatic heterocycles. The van der Waals surface area contributed by atoms with Crippen LogP contribution < -0.4 is 5.32 Å². The van der Waals surface area contributed by atoms with Crippen molar-refractivity contribution >= 4 is 17.2 Å². The van der Waals surface area contributed by atoms with Crippen LogP contribution in [-0.4, -0.2) is 28.5 Å². The van der Waals surface area contributed by atoms with Gasteiger partial charge in [0.05, 0.1) is 5.69 Å². The van der Waals surface area contributed by atoms with Crippen LogP contribution >= 0.6 is 0 Å². The van der Waals surface area contributed by atoms with E-state index in [0.29, 0.717) is 13.2 Å². The third kappa shape index (κ3) is 3.03. The number of amides is 1. The first kappa shape index (κ1) is 14.9. The number of pyridine rings is 1. The third-order valence-electron chi connectivity index (χ3n) is 4.38. The summed E-state index contributed by atoms with van der Waals surface area (Å²) in [5, 5.41) is 3.03. The smallest absolute Gasteiger partial charge is 0.227 e. The summed E-state index contributed by atoms with van der Waals surface area (Å²) in [7, 11) is 0. The van der Waals surface area contributed by atoms with Crippen molar-refractivity contribution in [3.05, 3.63) is 54.9 Å². The summed E-state index contributed by atoms with van der Waals surface area (Å²) in [6.45, 7) is 1.33. The Morgan fingerprint density at radius 3 is 2.88 bits per heavy atom. The van der Waals surface area contributed by atoms with Crippen molar-refractivity contribution in [2.24, 2.45) is 5.92 Å². The average Bonchev–Trinajstić information content (AvgIpc) is 3.07. The van der Waals surface area contributed by atoms with E-state index in [0.717, 1.165) is 35.4 Å². The number of nitrogens with one attached hydrogen (secondary N) is 1. The lowest BCUT2D eigenvalue weighted by atomic mass is 9.99. The molecule has 0 bridgehead atoms. The Morgan fingerprint density at radius 2 is 2.04 bits per heavy atom. The molecule has 1 fully saturated rings. The maximum absolute atomic E-state index is 12.4. The van der Waals surface area contributed by atoms with Crippen LogP contribution in [0.3, 0.4) is 0 Å². The molecule has 24 heavy (non-hydrogen) atoms. The van der Waals surface area contributed by atoms with Crippen molar-refractivity contribution in [2.45, 2.75) is 12.8 Å².